The topological polar surface area (TPSA) is 80.6 Å². The van der Waals surface area contributed by atoms with Gasteiger partial charge in [-0.05, 0) is 54.7 Å². The first-order chi connectivity index (χ1) is 15.9. The van der Waals surface area contributed by atoms with E-state index in [0.29, 0.717) is 35.5 Å². The molecular weight excluding hydrogens is 484 g/mol. The lowest BCUT2D eigenvalue weighted by Crippen LogP contribution is -2.33. The van der Waals surface area contributed by atoms with Crippen LogP contribution in [-0.4, -0.2) is 27.1 Å². The highest BCUT2D eigenvalue weighted by Crippen LogP contribution is 2.48. The summed E-state index contributed by atoms with van der Waals surface area (Å²) in [5, 5.41) is 13.4. The van der Waals surface area contributed by atoms with Crippen molar-refractivity contribution in [2.24, 2.45) is 0 Å². The van der Waals surface area contributed by atoms with Gasteiger partial charge in [0.2, 0.25) is 0 Å². The Morgan fingerprint density at radius 3 is 2.30 bits per heavy atom. The Morgan fingerprint density at radius 1 is 1.03 bits per heavy atom. The number of methoxy groups -OCH3 is 3. The number of benzene rings is 2. The summed E-state index contributed by atoms with van der Waals surface area (Å²) in [5.74, 6) is 1.52. The van der Waals surface area contributed by atoms with Crippen molar-refractivity contribution in [2.45, 2.75) is 31.6 Å². The van der Waals surface area contributed by atoms with Crippen molar-refractivity contribution in [2.75, 3.05) is 21.3 Å². The van der Waals surface area contributed by atoms with Gasteiger partial charge in [-0.2, -0.15) is 5.26 Å². The highest BCUT2D eigenvalue weighted by Gasteiger charge is 2.40. The maximum absolute atomic E-state index is 13.6. The molecule has 0 bridgehead atoms. The van der Waals surface area contributed by atoms with E-state index in [1.54, 1.807) is 21.3 Å². The van der Waals surface area contributed by atoms with Crippen molar-refractivity contribution in [1.29, 1.82) is 5.26 Å². The molecule has 4 rings (SSSR count). The number of carbonyl (C=O) groups is 1. The number of ether oxygens (including phenoxy) is 3. The quantitative estimate of drug-likeness (QED) is 0.585. The molecule has 1 N–H and O–H groups in total. The number of carbonyl (C=O) groups excluding carboxylic acids is 1. The number of nitriles is 1. The van der Waals surface area contributed by atoms with Crippen LogP contribution in [-0.2, 0) is 4.79 Å². The molecule has 7 heteroatoms. The van der Waals surface area contributed by atoms with Crippen LogP contribution in [0.5, 0.6) is 17.2 Å². The van der Waals surface area contributed by atoms with Crippen molar-refractivity contribution < 1.29 is 19.0 Å². The number of rotatable bonds is 5. The molecule has 0 saturated carbocycles. The van der Waals surface area contributed by atoms with E-state index in [4.69, 9.17) is 14.2 Å². The monoisotopic (exact) mass is 508 g/mol. The first-order valence-electron chi connectivity index (χ1n) is 10.6. The standard InChI is InChI=1S/C26H25BrN2O4/c1-14-19(13-28)25(18-11-23(32-3)24(33-4)12-20(18)27)26-21(29-14)9-16(10-22(26)30)15-5-7-17(31-2)8-6-15/h5-8,11-12,16,25,29H,9-10H2,1-4H3/t16-,25-/m1/s1. The molecule has 1 aliphatic heterocycles. The van der Waals surface area contributed by atoms with E-state index < -0.39 is 5.92 Å². The minimum Gasteiger partial charge on any atom is -0.497 e. The Hall–Kier alpha value is -3.24. The zero-order valence-corrected chi connectivity index (χ0v) is 20.6. The second-order valence-corrected chi connectivity index (χ2v) is 8.99. The number of Topliss-reactive ketones (excluding diaryl/α,β-unsaturated/α-hetero) is 1. The van der Waals surface area contributed by atoms with Crippen LogP contribution in [0.25, 0.3) is 0 Å². The molecule has 2 aliphatic rings. The highest BCUT2D eigenvalue weighted by atomic mass is 79.9. The maximum atomic E-state index is 13.6. The Morgan fingerprint density at radius 2 is 1.70 bits per heavy atom. The van der Waals surface area contributed by atoms with E-state index in [-0.39, 0.29) is 11.7 Å². The fourth-order valence-corrected chi connectivity index (χ4v) is 5.25. The Bertz CT molecular complexity index is 1210. The van der Waals surface area contributed by atoms with Crippen molar-refractivity contribution in [3.63, 3.8) is 0 Å². The van der Waals surface area contributed by atoms with Gasteiger partial charge in [0.15, 0.2) is 17.3 Å². The van der Waals surface area contributed by atoms with Gasteiger partial charge in [0.1, 0.15) is 5.75 Å². The summed E-state index contributed by atoms with van der Waals surface area (Å²) >= 11 is 3.63. The molecule has 0 radical (unpaired) electrons. The minimum atomic E-state index is -0.482. The van der Waals surface area contributed by atoms with Crippen molar-refractivity contribution in [3.8, 4) is 23.3 Å². The van der Waals surface area contributed by atoms with E-state index in [1.807, 2.05) is 43.3 Å². The summed E-state index contributed by atoms with van der Waals surface area (Å²) in [5.41, 5.74) is 4.69. The zero-order valence-electron chi connectivity index (χ0n) is 19.0. The van der Waals surface area contributed by atoms with E-state index in [1.165, 1.54) is 0 Å². The summed E-state index contributed by atoms with van der Waals surface area (Å²) in [6.07, 6.45) is 1.07. The van der Waals surface area contributed by atoms with Crippen molar-refractivity contribution in [1.82, 2.24) is 5.32 Å². The summed E-state index contributed by atoms with van der Waals surface area (Å²) < 4.78 is 16.9. The molecule has 0 spiro atoms. The highest BCUT2D eigenvalue weighted by molar-refractivity contribution is 9.10. The molecule has 0 unspecified atom stereocenters. The third-order valence-corrected chi connectivity index (χ3v) is 7.04. The van der Waals surface area contributed by atoms with E-state index in [2.05, 4.69) is 27.3 Å². The number of allylic oxidation sites excluding steroid dienone is 4. The van der Waals surface area contributed by atoms with Gasteiger partial charge in [-0.15, -0.1) is 0 Å². The van der Waals surface area contributed by atoms with Gasteiger partial charge in [0.25, 0.3) is 0 Å². The summed E-state index contributed by atoms with van der Waals surface area (Å²) in [6.45, 7) is 1.88. The van der Waals surface area contributed by atoms with Crippen LogP contribution >= 0.6 is 15.9 Å². The van der Waals surface area contributed by atoms with Crippen LogP contribution in [0, 0.1) is 11.3 Å². The Balaban J connectivity index is 1.80. The predicted molar refractivity (Wildman–Crippen MR) is 128 cm³/mol. The van der Waals surface area contributed by atoms with Crippen LogP contribution in [0.1, 0.15) is 42.7 Å². The molecule has 33 heavy (non-hydrogen) atoms. The van der Waals surface area contributed by atoms with Crippen molar-refractivity contribution in [3.05, 3.63) is 74.5 Å². The molecule has 0 fully saturated rings. The smallest absolute Gasteiger partial charge is 0.162 e. The number of hydrogen-bond donors (Lipinski definition) is 1. The normalized spacial score (nSPS) is 20.1. The fourth-order valence-electron chi connectivity index (χ4n) is 4.70. The lowest BCUT2D eigenvalue weighted by Gasteiger charge is -2.36. The van der Waals surface area contributed by atoms with E-state index in [9.17, 15) is 10.1 Å². The van der Waals surface area contributed by atoms with Gasteiger partial charge in [0.05, 0.1) is 38.9 Å². The summed E-state index contributed by atoms with van der Waals surface area (Å²) in [4.78, 5) is 13.6. The first kappa shape index (κ1) is 22.9. The second-order valence-electron chi connectivity index (χ2n) is 8.13. The van der Waals surface area contributed by atoms with Gasteiger partial charge >= 0.3 is 0 Å². The molecule has 1 heterocycles. The second kappa shape index (κ2) is 9.32. The average Bonchev–Trinajstić information content (AvgIpc) is 2.83. The third kappa shape index (κ3) is 4.11. The number of dihydropyridines is 1. The van der Waals surface area contributed by atoms with Gasteiger partial charge in [-0.25, -0.2) is 0 Å². The average molecular weight is 509 g/mol. The molecule has 0 aromatic heterocycles. The zero-order chi connectivity index (χ0) is 23.7. The van der Waals surface area contributed by atoms with Gasteiger partial charge < -0.3 is 19.5 Å². The van der Waals surface area contributed by atoms with Crippen LogP contribution in [0.2, 0.25) is 0 Å². The minimum absolute atomic E-state index is 0.0384. The molecule has 1 aliphatic carbocycles. The molecule has 170 valence electrons. The Kier molecular flexibility index (Phi) is 6.48. The largest absolute Gasteiger partial charge is 0.497 e. The molecule has 2 aromatic rings. The SMILES string of the molecule is COc1ccc([C@H]2CC(=O)C3=C(C2)NC(C)=C(C#N)[C@H]3c2cc(OC)c(OC)cc2Br)cc1. The summed E-state index contributed by atoms with van der Waals surface area (Å²) in [7, 11) is 4.78. The molecule has 2 atom stereocenters. The Labute approximate surface area is 202 Å². The number of hydrogen-bond acceptors (Lipinski definition) is 6. The van der Waals surface area contributed by atoms with Crippen LogP contribution in [0.4, 0.5) is 0 Å². The fraction of sp³-hybridized carbons (Fsp3) is 0.308. The molecule has 0 saturated heterocycles. The van der Waals surface area contributed by atoms with E-state index >= 15 is 0 Å². The van der Waals surface area contributed by atoms with Crippen molar-refractivity contribution >= 4 is 21.7 Å². The first-order valence-corrected chi connectivity index (χ1v) is 11.4. The van der Waals surface area contributed by atoms with Crippen LogP contribution < -0.4 is 19.5 Å². The van der Waals surface area contributed by atoms with Gasteiger partial charge in [-0.1, -0.05) is 28.1 Å². The lowest BCUT2D eigenvalue weighted by atomic mass is 9.72. The van der Waals surface area contributed by atoms with Crippen LogP contribution in [0.3, 0.4) is 0 Å². The molecular formula is C26H25BrN2O4. The van der Waals surface area contributed by atoms with Gasteiger partial charge in [-0.3, -0.25) is 4.79 Å². The number of nitrogens with zero attached hydrogens (tertiary/aromatic N) is 1. The van der Waals surface area contributed by atoms with Gasteiger partial charge in [0, 0.05) is 27.9 Å². The molecule has 0 amide bonds. The number of ketones is 1. The maximum Gasteiger partial charge on any atom is 0.162 e. The molecule has 6 nitrogen and oxygen atoms in total. The lowest BCUT2D eigenvalue weighted by molar-refractivity contribution is -0.116. The van der Waals surface area contributed by atoms with E-state index in [0.717, 1.165) is 32.7 Å². The number of nitrogens with one attached hydrogen (secondary N) is 1. The predicted octanol–water partition coefficient (Wildman–Crippen LogP) is 5.36. The molecule has 2 aromatic carbocycles. The summed E-state index contributed by atoms with van der Waals surface area (Å²) in [6, 6.07) is 13.8. The number of halogens is 1. The van der Waals surface area contributed by atoms with Crippen LogP contribution in [0.15, 0.2) is 63.4 Å². The third-order valence-electron chi connectivity index (χ3n) is 6.35.